The molecule has 0 aliphatic heterocycles. The maximum atomic E-state index is 6.52. The SMILES string of the molecule is CC(S)C(=S)OC(c1ccc(Cl)cc1)C(Cl)n1ccnc1. The summed E-state index contributed by atoms with van der Waals surface area (Å²) < 4.78 is 7.61. The van der Waals surface area contributed by atoms with Gasteiger partial charge in [-0.3, -0.25) is 0 Å². The first-order valence-corrected chi connectivity index (χ1v) is 7.98. The van der Waals surface area contributed by atoms with Gasteiger partial charge in [-0.2, -0.15) is 12.6 Å². The van der Waals surface area contributed by atoms with Crippen molar-refractivity contribution in [3.8, 4) is 0 Å². The standard InChI is InChI=1S/C14H14Cl2N2OS2/c1-9(20)14(21)19-12(10-2-4-11(15)5-3-10)13(16)18-7-6-17-8-18/h2-9,12-13,20H,1H3. The number of hydrogen-bond donors (Lipinski definition) is 1. The van der Waals surface area contributed by atoms with Crippen LogP contribution in [-0.2, 0) is 4.74 Å². The molecule has 3 nitrogen and oxygen atoms in total. The van der Waals surface area contributed by atoms with Crippen LogP contribution in [0.2, 0.25) is 5.02 Å². The predicted octanol–water partition coefficient (Wildman–Crippen LogP) is 4.68. The van der Waals surface area contributed by atoms with Crippen LogP contribution in [0.4, 0.5) is 0 Å². The third-order valence-electron chi connectivity index (χ3n) is 2.84. The van der Waals surface area contributed by atoms with Crippen molar-refractivity contribution in [1.29, 1.82) is 0 Å². The molecule has 2 aromatic rings. The van der Waals surface area contributed by atoms with Gasteiger partial charge in [-0.25, -0.2) is 4.98 Å². The van der Waals surface area contributed by atoms with E-state index in [0.29, 0.717) is 10.1 Å². The van der Waals surface area contributed by atoms with Crippen molar-refractivity contribution in [1.82, 2.24) is 9.55 Å². The van der Waals surface area contributed by atoms with Gasteiger partial charge in [-0.05, 0) is 36.8 Å². The van der Waals surface area contributed by atoms with Crippen LogP contribution in [0.5, 0.6) is 0 Å². The van der Waals surface area contributed by atoms with Gasteiger partial charge < -0.3 is 9.30 Å². The third kappa shape index (κ3) is 4.36. The normalized spacial score (nSPS) is 15.2. The zero-order valence-electron chi connectivity index (χ0n) is 11.2. The van der Waals surface area contributed by atoms with Crippen LogP contribution in [0, 0.1) is 0 Å². The molecular weight excluding hydrogens is 347 g/mol. The Morgan fingerprint density at radius 3 is 2.57 bits per heavy atom. The summed E-state index contributed by atoms with van der Waals surface area (Å²) in [6.07, 6.45) is 4.61. The highest BCUT2D eigenvalue weighted by Gasteiger charge is 2.26. The average molecular weight is 361 g/mol. The minimum Gasteiger partial charge on any atom is -0.475 e. The molecule has 7 heteroatoms. The van der Waals surface area contributed by atoms with Gasteiger partial charge in [0.05, 0.1) is 11.6 Å². The fraction of sp³-hybridized carbons (Fsp3) is 0.286. The van der Waals surface area contributed by atoms with Crippen LogP contribution in [0.1, 0.15) is 24.1 Å². The molecule has 0 N–H and O–H groups in total. The van der Waals surface area contributed by atoms with Gasteiger partial charge in [0.2, 0.25) is 0 Å². The molecule has 2 rings (SSSR count). The Hall–Kier alpha value is -0.750. The number of ether oxygens (including phenoxy) is 1. The Balaban J connectivity index is 2.29. The van der Waals surface area contributed by atoms with Gasteiger partial charge in [0, 0.05) is 17.4 Å². The lowest BCUT2D eigenvalue weighted by molar-refractivity contribution is 0.164. The molecule has 3 atom stereocenters. The zero-order chi connectivity index (χ0) is 15.4. The summed E-state index contributed by atoms with van der Waals surface area (Å²) in [5.41, 5.74) is 0.392. The third-order valence-corrected chi connectivity index (χ3v) is 4.41. The Kier molecular flexibility index (Phi) is 5.93. The molecule has 1 aromatic carbocycles. The van der Waals surface area contributed by atoms with E-state index in [1.54, 1.807) is 35.4 Å². The predicted molar refractivity (Wildman–Crippen MR) is 93.4 cm³/mol. The Morgan fingerprint density at radius 2 is 2.05 bits per heavy atom. The first kappa shape index (κ1) is 16.6. The summed E-state index contributed by atoms with van der Waals surface area (Å²) in [6, 6.07) is 7.31. The molecule has 0 saturated carbocycles. The fourth-order valence-electron chi connectivity index (χ4n) is 1.73. The highest BCUT2D eigenvalue weighted by atomic mass is 35.5. The molecule has 0 aliphatic carbocycles. The van der Waals surface area contributed by atoms with Gasteiger partial charge in [-0.1, -0.05) is 35.3 Å². The van der Waals surface area contributed by atoms with E-state index in [1.807, 2.05) is 19.1 Å². The Labute approximate surface area is 144 Å². The van der Waals surface area contributed by atoms with Crippen molar-refractivity contribution < 1.29 is 4.74 Å². The molecule has 0 bridgehead atoms. The number of aromatic nitrogens is 2. The molecule has 3 unspecified atom stereocenters. The van der Waals surface area contributed by atoms with E-state index in [4.69, 9.17) is 40.2 Å². The number of nitrogens with zero attached hydrogens (tertiary/aromatic N) is 2. The average Bonchev–Trinajstić information content (AvgIpc) is 2.99. The lowest BCUT2D eigenvalue weighted by Gasteiger charge is -2.26. The molecule has 0 saturated heterocycles. The number of hydrogen-bond acceptors (Lipinski definition) is 4. The first-order chi connectivity index (χ1) is 9.99. The minimum absolute atomic E-state index is 0.165. The maximum Gasteiger partial charge on any atom is 0.173 e. The van der Waals surface area contributed by atoms with Gasteiger partial charge in [0.1, 0.15) is 5.50 Å². The van der Waals surface area contributed by atoms with Crippen molar-refractivity contribution in [2.45, 2.75) is 23.8 Å². The largest absolute Gasteiger partial charge is 0.475 e. The van der Waals surface area contributed by atoms with E-state index in [2.05, 4.69) is 17.6 Å². The Morgan fingerprint density at radius 1 is 1.38 bits per heavy atom. The van der Waals surface area contributed by atoms with E-state index < -0.39 is 11.6 Å². The fourth-order valence-corrected chi connectivity index (χ4v) is 2.33. The summed E-state index contributed by atoms with van der Waals surface area (Å²) >= 11 is 22.0. The topological polar surface area (TPSA) is 27.1 Å². The monoisotopic (exact) mass is 360 g/mol. The van der Waals surface area contributed by atoms with Crippen molar-refractivity contribution in [3.63, 3.8) is 0 Å². The van der Waals surface area contributed by atoms with E-state index in [9.17, 15) is 0 Å². The number of halogens is 2. The van der Waals surface area contributed by atoms with Crippen molar-refractivity contribution in [3.05, 3.63) is 53.6 Å². The van der Waals surface area contributed by atoms with Crippen LogP contribution >= 0.6 is 48.0 Å². The van der Waals surface area contributed by atoms with E-state index >= 15 is 0 Å². The molecule has 0 aliphatic rings. The van der Waals surface area contributed by atoms with E-state index in [0.717, 1.165) is 5.56 Å². The molecule has 0 spiro atoms. The van der Waals surface area contributed by atoms with E-state index in [-0.39, 0.29) is 5.25 Å². The number of thiol groups is 1. The van der Waals surface area contributed by atoms with Crippen molar-refractivity contribution >= 4 is 53.1 Å². The molecule has 0 amide bonds. The molecular formula is C14H14Cl2N2OS2. The van der Waals surface area contributed by atoms with E-state index in [1.165, 1.54) is 0 Å². The van der Waals surface area contributed by atoms with Gasteiger partial charge in [-0.15, -0.1) is 0 Å². The molecule has 21 heavy (non-hydrogen) atoms. The Bertz CT molecular complexity index is 588. The summed E-state index contributed by atoms with van der Waals surface area (Å²) in [5.74, 6) is 0. The quantitative estimate of drug-likeness (QED) is 0.476. The zero-order valence-corrected chi connectivity index (χ0v) is 14.4. The number of benzene rings is 1. The molecule has 0 fully saturated rings. The molecule has 0 radical (unpaired) electrons. The van der Waals surface area contributed by atoms with Crippen LogP contribution in [0.15, 0.2) is 43.0 Å². The highest BCUT2D eigenvalue weighted by Crippen LogP contribution is 2.34. The summed E-state index contributed by atoms with van der Waals surface area (Å²) in [7, 11) is 0. The van der Waals surface area contributed by atoms with Crippen molar-refractivity contribution in [2.24, 2.45) is 0 Å². The van der Waals surface area contributed by atoms with Crippen LogP contribution in [-0.4, -0.2) is 19.9 Å². The molecule has 112 valence electrons. The van der Waals surface area contributed by atoms with Gasteiger partial charge in [0.15, 0.2) is 11.2 Å². The number of rotatable bonds is 5. The second kappa shape index (κ2) is 7.49. The summed E-state index contributed by atoms with van der Waals surface area (Å²) in [4.78, 5) is 4.00. The highest BCUT2D eigenvalue weighted by molar-refractivity contribution is 7.86. The van der Waals surface area contributed by atoms with Gasteiger partial charge >= 0.3 is 0 Å². The number of thiocarbonyl (C=S) groups is 1. The number of alkyl halides is 1. The van der Waals surface area contributed by atoms with Crippen LogP contribution in [0.3, 0.4) is 0 Å². The number of imidazole rings is 1. The lowest BCUT2D eigenvalue weighted by Crippen LogP contribution is -2.21. The minimum atomic E-state index is -0.487. The maximum absolute atomic E-state index is 6.52. The second-order valence-electron chi connectivity index (χ2n) is 4.47. The smallest absolute Gasteiger partial charge is 0.173 e. The lowest BCUT2D eigenvalue weighted by atomic mass is 10.1. The van der Waals surface area contributed by atoms with Crippen LogP contribution < -0.4 is 0 Å². The summed E-state index contributed by atoms with van der Waals surface area (Å²) in [5, 5.41) is 0.877. The van der Waals surface area contributed by atoms with Gasteiger partial charge in [0.25, 0.3) is 0 Å². The molecule has 1 heterocycles. The first-order valence-electron chi connectivity index (χ1n) is 6.24. The summed E-state index contributed by atoms with van der Waals surface area (Å²) in [6.45, 7) is 1.85. The van der Waals surface area contributed by atoms with Crippen molar-refractivity contribution in [2.75, 3.05) is 0 Å². The molecule has 1 aromatic heterocycles. The van der Waals surface area contributed by atoms with Crippen LogP contribution in [0.25, 0.3) is 0 Å². The second-order valence-corrected chi connectivity index (χ2v) is 6.53.